The Balaban J connectivity index is 1.33. The molecular formula is C26H29N3O7. The molecule has 1 saturated heterocycles. The van der Waals surface area contributed by atoms with Crippen LogP contribution >= 0.6 is 0 Å². The molecule has 4 rings (SSSR count). The molecule has 2 unspecified atom stereocenters. The lowest BCUT2D eigenvalue weighted by molar-refractivity contribution is -0.146. The van der Waals surface area contributed by atoms with Gasteiger partial charge in [0.25, 0.3) is 0 Å². The van der Waals surface area contributed by atoms with E-state index in [0.29, 0.717) is 37.1 Å². The molecule has 190 valence electrons. The lowest BCUT2D eigenvalue weighted by atomic mass is 10.0. The van der Waals surface area contributed by atoms with Crippen molar-refractivity contribution in [3.05, 3.63) is 59.7 Å². The lowest BCUT2D eigenvalue weighted by Gasteiger charge is -2.16. The fraction of sp³-hybridized carbons (Fsp3) is 0.385. The fourth-order valence-electron chi connectivity index (χ4n) is 4.05. The van der Waals surface area contributed by atoms with Crippen LogP contribution in [0.3, 0.4) is 0 Å². The van der Waals surface area contributed by atoms with Crippen LogP contribution in [-0.2, 0) is 36.8 Å². The van der Waals surface area contributed by atoms with Crippen molar-refractivity contribution in [3.8, 4) is 0 Å². The van der Waals surface area contributed by atoms with Crippen LogP contribution < -0.4 is 15.5 Å². The molecular weight excluding hydrogens is 466 g/mol. The number of cyclic esters (lactones) is 1. The molecule has 2 aliphatic rings. The van der Waals surface area contributed by atoms with Crippen molar-refractivity contribution in [2.75, 3.05) is 23.4 Å². The summed E-state index contributed by atoms with van der Waals surface area (Å²) in [5, 5.41) is 5.46. The molecule has 0 spiro atoms. The standard InChI is InChI=1S/C26H29N3O7/c1-2-6-23(30)34-16-20-14-29(26(33)36-20)19-10-12-21-18(13-19)9-11-22(24(31)27-21)28-25(32)35-15-17-7-4-3-5-8-17/h3-5,7-8,10,12-13,20,22H,2,6,9,11,14-16H2,1H3,(H,27,31)(H,28,32). The number of fused-ring (bicyclic) bond motifs is 1. The quantitative estimate of drug-likeness (QED) is 0.424. The summed E-state index contributed by atoms with van der Waals surface area (Å²) in [4.78, 5) is 50.4. The lowest BCUT2D eigenvalue weighted by Crippen LogP contribution is -2.43. The van der Waals surface area contributed by atoms with E-state index < -0.39 is 24.3 Å². The number of nitrogens with one attached hydrogen (secondary N) is 2. The van der Waals surface area contributed by atoms with E-state index in [-0.39, 0.29) is 31.6 Å². The van der Waals surface area contributed by atoms with E-state index in [1.54, 1.807) is 12.1 Å². The van der Waals surface area contributed by atoms with Crippen LogP contribution in [0.25, 0.3) is 0 Å². The van der Waals surface area contributed by atoms with Gasteiger partial charge in [0.2, 0.25) is 5.91 Å². The first-order valence-corrected chi connectivity index (χ1v) is 12.0. The molecule has 2 atom stereocenters. The number of alkyl carbamates (subject to hydrolysis) is 1. The molecule has 0 aliphatic carbocycles. The molecule has 2 aromatic carbocycles. The minimum absolute atomic E-state index is 0.00972. The summed E-state index contributed by atoms with van der Waals surface area (Å²) in [5.41, 5.74) is 2.90. The Labute approximate surface area is 208 Å². The Bertz CT molecular complexity index is 1120. The van der Waals surface area contributed by atoms with Gasteiger partial charge in [-0.25, -0.2) is 9.59 Å². The molecule has 36 heavy (non-hydrogen) atoms. The second-order valence-corrected chi connectivity index (χ2v) is 8.68. The van der Waals surface area contributed by atoms with Crippen LogP contribution in [-0.4, -0.2) is 49.4 Å². The van der Waals surface area contributed by atoms with Crippen molar-refractivity contribution in [2.45, 2.75) is 51.4 Å². The van der Waals surface area contributed by atoms with Crippen molar-refractivity contribution in [1.29, 1.82) is 0 Å². The second-order valence-electron chi connectivity index (χ2n) is 8.68. The molecule has 2 N–H and O–H groups in total. The highest BCUT2D eigenvalue weighted by molar-refractivity contribution is 5.98. The van der Waals surface area contributed by atoms with Crippen molar-refractivity contribution in [1.82, 2.24) is 5.32 Å². The molecule has 0 radical (unpaired) electrons. The number of anilines is 2. The molecule has 1 fully saturated rings. The molecule has 0 aromatic heterocycles. The third-order valence-electron chi connectivity index (χ3n) is 5.94. The molecule has 2 aliphatic heterocycles. The van der Waals surface area contributed by atoms with E-state index in [9.17, 15) is 19.2 Å². The molecule has 2 aromatic rings. The highest BCUT2D eigenvalue weighted by atomic mass is 16.6. The second kappa shape index (κ2) is 11.6. The summed E-state index contributed by atoms with van der Waals surface area (Å²) in [7, 11) is 0. The zero-order chi connectivity index (χ0) is 25.5. The van der Waals surface area contributed by atoms with Gasteiger partial charge in [0.1, 0.15) is 19.3 Å². The first-order chi connectivity index (χ1) is 17.4. The number of hydrogen-bond acceptors (Lipinski definition) is 7. The first-order valence-electron chi connectivity index (χ1n) is 12.0. The minimum Gasteiger partial charge on any atom is -0.462 e. The summed E-state index contributed by atoms with van der Waals surface area (Å²) in [6.07, 6.45) is 0.122. The largest absolute Gasteiger partial charge is 0.462 e. The Kier molecular flexibility index (Phi) is 8.04. The van der Waals surface area contributed by atoms with Gasteiger partial charge in [0.15, 0.2) is 6.10 Å². The molecule has 10 heteroatoms. The van der Waals surface area contributed by atoms with Gasteiger partial charge in [-0.3, -0.25) is 14.5 Å². The van der Waals surface area contributed by atoms with Gasteiger partial charge >= 0.3 is 18.2 Å². The predicted molar refractivity (Wildman–Crippen MR) is 130 cm³/mol. The van der Waals surface area contributed by atoms with Gasteiger partial charge in [-0.15, -0.1) is 0 Å². The van der Waals surface area contributed by atoms with E-state index in [1.807, 2.05) is 43.3 Å². The van der Waals surface area contributed by atoms with Gasteiger partial charge in [0, 0.05) is 17.8 Å². The summed E-state index contributed by atoms with van der Waals surface area (Å²) >= 11 is 0. The Hall–Kier alpha value is -4.08. The van der Waals surface area contributed by atoms with E-state index >= 15 is 0 Å². The van der Waals surface area contributed by atoms with Gasteiger partial charge in [0.05, 0.1) is 6.54 Å². The topological polar surface area (TPSA) is 123 Å². The number of aryl methyl sites for hydroxylation is 1. The number of benzene rings is 2. The van der Waals surface area contributed by atoms with E-state index in [2.05, 4.69) is 10.6 Å². The van der Waals surface area contributed by atoms with Crippen molar-refractivity contribution in [2.24, 2.45) is 0 Å². The normalized spacial score (nSPS) is 19.0. The predicted octanol–water partition coefficient (Wildman–Crippen LogP) is 3.53. The zero-order valence-corrected chi connectivity index (χ0v) is 20.0. The number of hydrogen-bond donors (Lipinski definition) is 2. The number of nitrogens with zero attached hydrogens (tertiary/aromatic N) is 1. The summed E-state index contributed by atoms with van der Waals surface area (Å²) in [6.45, 7) is 2.25. The molecule has 0 bridgehead atoms. The van der Waals surface area contributed by atoms with Gasteiger partial charge in [-0.1, -0.05) is 37.3 Å². The summed E-state index contributed by atoms with van der Waals surface area (Å²) < 4.78 is 15.7. The third-order valence-corrected chi connectivity index (χ3v) is 5.94. The average molecular weight is 496 g/mol. The van der Waals surface area contributed by atoms with Crippen LogP contribution in [0.4, 0.5) is 21.0 Å². The van der Waals surface area contributed by atoms with Gasteiger partial charge in [-0.05, 0) is 48.6 Å². The van der Waals surface area contributed by atoms with Crippen molar-refractivity contribution < 1.29 is 33.4 Å². The number of carbonyl (C=O) groups excluding carboxylic acids is 4. The number of ether oxygens (including phenoxy) is 3. The first kappa shape index (κ1) is 25.0. The van der Waals surface area contributed by atoms with E-state index in [0.717, 1.165) is 11.1 Å². The van der Waals surface area contributed by atoms with Crippen molar-refractivity contribution in [3.63, 3.8) is 0 Å². The maximum absolute atomic E-state index is 12.7. The zero-order valence-electron chi connectivity index (χ0n) is 20.0. The molecule has 3 amide bonds. The molecule has 0 saturated carbocycles. The number of esters is 1. The Morgan fingerprint density at radius 3 is 2.72 bits per heavy atom. The fourth-order valence-corrected chi connectivity index (χ4v) is 4.05. The molecule has 10 nitrogen and oxygen atoms in total. The van der Waals surface area contributed by atoms with Crippen LogP contribution in [0, 0.1) is 0 Å². The monoisotopic (exact) mass is 495 g/mol. The van der Waals surface area contributed by atoms with Crippen LogP contribution in [0.1, 0.15) is 37.3 Å². The van der Waals surface area contributed by atoms with Crippen LogP contribution in [0.15, 0.2) is 48.5 Å². The van der Waals surface area contributed by atoms with Gasteiger partial charge < -0.3 is 24.8 Å². The van der Waals surface area contributed by atoms with Crippen LogP contribution in [0.5, 0.6) is 0 Å². The SMILES string of the molecule is CCCC(=O)OCC1CN(c2ccc3c(c2)CCC(NC(=O)OCc2ccccc2)C(=O)N3)C(=O)O1. The maximum Gasteiger partial charge on any atom is 0.414 e. The highest BCUT2D eigenvalue weighted by Gasteiger charge is 2.34. The van der Waals surface area contributed by atoms with Gasteiger partial charge in [-0.2, -0.15) is 0 Å². The van der Waals surface area contributed by atoms with E-state index in [4.69, 9.17) is 14.2 Å². The Morgan fingerprint density at radius 1 is 1.14 bits per heavy atom. The summed E-state index contributed by atoms with van der Waals surface area (Å²) in [5.74, 6) is -0.660. The number of amides is 3. The van der Waals surface area contributed by atoms with Crippen LogP contribution in [0.2, 0.25) is 0 Å². The highest BCUT2D eigenvalue weighted by Crippen LogP contribution is 2.30. The number of rotatable bonds is 8. The maximum atomic E-state index is 12.7. The molecule has 2 heterocycles. The van der Waals surface area contributed by atoms with Crippen molar-refractivity contribution >= 4 is 35.4 Å². The minimum atomic E-state index is -0.761. The number of carbonyl (C=O) groups is 4. The Morgan fingerprint density at radius 2 is 1.94 bits per heavy atom. The average Bonchev–Trinajstić information content (AvgIpc) is 3.18. The third kappa shape index (κ3) is 6.32. The smallest absolute Gasteiger partial charge is 0.414 e. The van der Waals surface area contributed by atoms with E-state index in [1.165, 1.54) is 4.90 Å². The summed E-state index contributed by atoms with van der Waals surface area (Å²) in [6, 6.07) is 13.8.